The van der Waals surface area contributed by atoms with Crippen LogP contribution in [-0.4, -0.2) is 14.9 Å². The van der Waals surface area contributed by atoms with Crippen molar-refractivity contribution < 1.29 is 57.5 Å². The highest BCUT2D eigenvalue weighted by Crippen LogP contribution is 2.42. The molecule has 8 aromatic rings. The molecular weight excluding hydrogens is 764 g/mol. The van der Waals surface area contributed by atoms with Gasteiger partial charge in [0.1, 0.15) is 0 Å². The molecule has 0 aliphatic carbocycles. The second-order valence-corrected chi connectivity index (χ2v) is 13.0. The standard InChI is InChI=1S/C41H20F12N2O/c42-38(43,44)23-5-13-29-30-14-6-24(39(45,46)47)18-34(30)54(33(29)17-23)27-9-1-21(2-10-27)37(56)22-3-11-28(12-4-22)55-35-19-25(40(48,49)50)7-15-31(35)32-16-8-26(20-36(32)55)41(51,52)53/h1-20H. The number of carbonyl (C=O) groups is 1. The van der Waals surface area contributed by atoms with Gasteiger partial charge in [0.25, 0.3) is 0 Å². The monoisotopic (exact) mass is 784 g/mol. The summed E-state index contributed by atoms with van der Waals surface area (Å²) in [6.45, 7) is 0. The van der Waals surface area contributed by atoms with E-state index in [9.17, 15) is 57.5 Å². The number of aromatic nitrogens is 2. The largest absolute Gasteiger partial charge is 0.416 e. The first-order valence-corrected chi connectivity index (χ1v) is 16.4. The molecule has 15 heteroatoms. The van der Waals surface area contributed by atoms with Crippen LogP contribution < -0.4 is 0 Å². The Morgan fingerprint density at radius 3 is 0.786 bits per heavy atom. The predicted octanol–water partition coefficient (Wildman–Crippen LogP) is 13.2. The number of halogens is 12. The van der Waals surface area contributed by atoms with Gasteiger partial charge >= 0.3 is 24.7 Å². The van der Waals surface area contributed by atoms with E-state index < -0.39 is 52.7 Å². The van der Waals surface area contributed by atoms with Crippen molar-refractivity contribution >= 4 is 49.4 Å². The number of fused-ring (bicyclic) bond motifs is 6. The van der Waals surface area contributed by atoms with Crippen molar-refractivity contribution in [1.82, 2.24) is 9.13 Å². The van der Waals surface area contributed by atoms with Gasteiger partial charge < -0.3 is 9.13 Å². The van der Waals surface area contributed by atoms with E-state index in [1.165, 1.54) is 81.9 Å². The first-order chi connectivity index (χ1) is 26.2. The molecule has 0 saturated heterocycles. The Balaban J connectivity index is 1.19. The molecule has 6 aromatic carbocycles. The maximum atomic E-state index is 13.7. The summed E-state index contributed by atoms with van der Waals surface area (Å²) in [5.41, 5.74) is -3.78. The number of rotatable bonds is 4. The number of hydrogen-bond donors (Lipinski definition) is 0. The smallest absolute Gasteiger partial charge is 0.309 e. The highest BCUT2D eigenvalue weighted by molar-refractivity contribution is 6.12. The molecule has 0 saturated carbocycles. The van der Waals surface area contributed by atoms with Gasteiger partial charge in [-0.25, -0.2) is 0 Å². The molecule has 0 atom stereocenters. The number of nitrogens with zero attached hydrogens (tertiary/aromatic N) is 2. The van der Waals surface area contributed by atoms with Gasteiger partial charge in [0.05, 0.1) is 44.3 Å². The third-order valence-electron chi connectivity index (χ3n) is 9.62. The molecule has 0 aliphatic heterocycles. The Labute approximate surface area is 306 Å². The molecule has 8 rings (SSSR count). The predicted molar refractivity (Wildman–Crippen MR) is 185 cm³/mol. The number of benzene rings is 6. The summed E-state index contributed by atoms with van der Waals surface area (Å²) < 4.78 is 167. The number of hydrogen-bond acceptors (Lipinski definition) is 1. The van der Waals surface area contributed by atoms with Crippen LogP contribution in [-0.2, 0) is 24.7 Å². The normalized spacial score (nSPS) is 13.1. The fourth-order valence-electron chi connectivity index (χ4n) is 6.99. The fourth-order valence-corrected chi connectivity index (χ4v) is 6.99. The molecule has 3 nitrogen and oxygen atoms in total. The molecule has 0 spiro atoms. The van der Waals surface area contributed by atoms with Crippen LogP contribution in [0.4, 0.5) is 52.7 Å². The lowest BCUT2D eigenvalue weighted by atomic mass is 10.0. The van der Waals surface area contributed by atoms with Crippen molar-refractivity contribution in [3.63, 3.8) is 0 Å². The molecular formula is C41H20F12N2O. The summed E-state index contributed by atoms with van der Waals surface area (Å²) in [5.74, 6) is -0.579. The highest BCUT2D eigenvalue weighted by Gasteiger charge is 2.35. The van der Waals surface area contributed by atoms with Gasteiger partial charge in [-0.15, -0.1) is 0 Å². The molecule has 2 aromatic heterocycles. The molecule has 0 amide bonds. The van der Waals surface area contributed by atoms with Gasteiger partial charge in [-0.05, 0) is 97.1 Å². The van der Waals surface area contributed by atoms with Crippen LogP contribution in [0, 0.1) is 0 Å². The van der Waals surface area contributed by atoms with Crippen LogP contribution in [0.5, 0.6) is 0 Å². The van der Waals surface area contributed by atoms with Crippen molar-refractivity contribution in [2.24, 2.45) is 0 Å². The van der Waals surface area contributed by atoms with Crippen molar-refractivity contribution in [3.8, 4) is 11.4 Å². The third kappa shape index (κ3) is 6.20. The Morgan fingerprint density at radius 2 is 0.571 bits per heavy atom. The Bertz CT molecular complexity index is 2520. The van der Waals surface area contributed by atoms with Crippen LogP contribution in [0.15, 0.2) is 121 Å². The topological polar surface area (TPSA) is 26.9 Å². The third-order valence-corrected chi connectivity index (χ3v) is 9.62. The van der Waals surface area contributed by atoms with E-state index in [1.807, 2.05) is 0 Å². The van der Waals surface area contributed by atoms with Crippen LogP contribution in [0.2, 0.25) is 0 Å². The molecule has 0 fully saturated rings. The minimum absolute atomic E-state index is 0.0291. The molecule has 56 heavy (non-hydrogen) atoms. The quantitative estimate of drug-likeness (QED) is 0.129. The van der Waals surface area contributed by atoms with E-state index in [2.05, 4.69) is 0 Å². The van der Waals surface area contributed by atoms with E-state index in [0.29, 0.717) is 0 Å². The van der Waals surface area contributed by atoms with Crippen LogP contribution in [0.1, 0.15) is 38.2 Å². The lowest BCUT2D eigenvalue weighted by Gasteiger charge is -2.13. The molecule has 0 aliphatic rings. The Morgan fingerprint density at radius 1 is 0.339 bits per heavy atom. The highest BCUT2D eigenvalue weighted by atomic mass is 19.4. The summed E-state index contributed by atoms with van der Waals surface area (Å²) >= 11 is 0. The lowest BCUT2D eigenvalue weighted by molar-refractivity contribution is -0.138. The zero-order valence-electron chi connectivity index (χ0n) is 27.9. The SMILES string of the molecule is O=C(c1ccc(-n2c3cc(C(F)(F)F)ccc3c3ccc(C(F)(F)F)cc32)cc1)c1ccc(-n2c3cc(C(F)(F)F)ccc3c3ccc(C(F)(F)F)cc32)cc1. The Hall–Kier alpha value is -6.25. The summed E-state index contributed by atoms with van der Waals surface area (Å²) in [7, 11) is 0. The van der Waals surface area contributed by atoms with Gasteiger partial charge in [0.2, 0.25) is 0 Å². The maximum Gasteiger partial charge on any atom is 0.416 e. The van der Waals surface area contributed by atoms with Gasteiger partial charge in [0, 0.05) is 44.0 Å². The van der Waals surface area contributed by atoms with E-state index in [4.69, 9.17) is 0 Å². The molecule has 0 unspecified atom stereocenters. The molecule has 284 valence electrons. The van der Waals surface area contributed by atoms with Crippen LogP contribution >= 0.6 is 0 Å². The molecule has 0 N–H and O–H groups in total. The average Bonchev–Trinajstić information content (AvgIpc) is 3.64. The van der Waals surface area contributed by atoms with Gasteiger partial charge in [-0.2, -0.15) is 52.7 Å². The molecule has 0 radical (unpaired) electrons. The zero-order chi connectivity index (χ0) is 40.1. The van der Waals surface area contributed by atoms with Crippen molar-refractivity contribution in [2.45, 2.75) is 24.7 Å². The minimum atomic E-state index is -4.75. The zero-order valence-corrected chi connectivity index (χ0v) is 27.9. The first-order valence-electron chi connectivity index (χ1n) is 16.4. The minimum Gasteiger partial charge on any atom is -0.309 e. The average molecular weight is 785 g/mol. The van der Waals surface area contributed by atoms with Crippen LogP contribution in [0.3, 0.4) is 0 Å². The van der Waals surface area contributed by atoms with Crippen LogP contribution in [0.25, 0.3) is 55.0 Å². The molecule has 0 bridgehead atoms. The summed E-state index contributed by atoms with van der Waals surface area (Å²) in [4.78, 5) is 13.6. The van der Waals surface area contributed by atoms with Crippen molar-refractivity contribution in [2.75, 3.05) is 0 Å². The first kappa shape index (κ1) is 36.7. The van der Waals surface area contributed by atoms with Crippen molar-refractivity contribution in [3.05, 3.63) is 155 Å². The van der Waals surface area contributed by atoms with Gasteiger partial charge in [-0.1, -0.05) is 24.3 Å². The summed E-state index contributed by atoms with van der Waals surface area (Å²) in [6.07, 6.45) is -19.0. The van der Waals surface area contributed by atoms with E-state index in [1.54, 1.807) is 0 Å². The Kier molecular flexibility index (Phi) is 8.12. The number of ketones is 1. The van der Waals surface area contributed by atoms with Gasteiger partial charge in [-0.3, -0.25) is 4.79 Å². The second-order valence-electron chi connectivity index (χ2n) is 13.0. The number of alkyl halides is 12. The van der Waals surface area contributed by atoms with E-state index in [-0.39, 0.29) is 66.1 Å². The molecule has 2 heterocycles. The fraction of sp³-hybridized carbons (Fsp3) is 0.0976. The lowest BCUT2D eigenvalue weighted by Crippen LogP contribution is -2.06. The van der Waals surface area contributed by atoms with E-state index >= 15 is 0 Å². The summed E-state index contributed by atoms with van der Waals surface area (Å²) in [5, 5.41) is 1.04. The summed E-state index contributed by atoms with van der Waals surface area (Å²) in [6, 6.07) is 22.1. The van der Waals surface area contributed by atoms with Gasteiger partial charge in [0.15, 0.2) is 5.78 Å². The van der Waals surface area contributed by atoms with Crippen molar-refractivity contribution in [1.29, 1.82) is 0 Å². The maximum absolute atomic E-state index is 13.7. The number of carbonyl (C=O) groups excluding carboxylic acids is 1. The second kappa shape index (κ2) is 12.4. The van der Waals surface area contributed by atoms with E-state index in [0.717, 1.165) is 48.5 Å².